The molecule has 0 aliphatic heterocycles. The van der Waals surface area contributed by atoms with E-state index in [4.69, 9.17) is 9.47 Å². The lowest BCUT2D eigenvalue weighted by Crippen LogP contribution is -2.13. The highest BCUT2D eigenvalue weighted by molar-refractivity contribution is 9.10. The fraction of sp³-hybridized carbons (Fsp3) is 0.120. The van der Waals surface area contributed by atoms with E-state index >= 15 is 0 Å². The Balaban J connectivity index is 1.63. The number of benzene rings is 3. The predicted octanol–water partition coefficient (Wildman–Crippen LogP) is 5.97. The van der Waals surface area contributed by atoms with Gasteiger partial charge in [0.2, 0.25) is 0 Å². The van der Waals surface area contributed by atoms with Crippen LogP contribution in [0.2, 0.25) is 0 Å². The normalized spacial score (nSPS) is 10.8. The van der Waals surface area contributed by atoms with Crippen LogP contribution in [-0.4, -0.2) is 12.5 Å². The van der Waals surface area contributed by atoms with E-state index in [1.165, 1.54) is 0 Å². The molecule has 0 bridgehead atoms. The standard InChI is InChI=1S/C25H21BrN2O3/c1-2-30-24-5-3-4-22(15-24)28-25(29)20(16-27)14-18-8-12-23(13-9-18)31-17-19-6-10-21(26)11-7-19/h3-15H,2,17H2,1H3,(H,28,29)/b20-14+. The summed E-state index contributed by atoms with van der Waals surface area (Å²) in [6, 6.07) is 24.1. The average molecular weight is 477 g/mol. The Morgan fingerprint density at radius 2 is 1.77 bits per heavy atom. The van der Waals surface area contributed by atoms with Crippen molar-refractivity contribution in [1.82, 2.24) is 0 Å². The van der Waals surface area contributed by atoms with Gasteiger partial charge in [0.15, 0.2) is 0 Å². The van der Waals surface area contributed by atoms with Crippen LogP contribution in [0.1, 0.15) is 18.1 Å². The molecule has 0 aromatic heterocycles. The molecule has 5 nitrogen and oxygen atoms in total. The fourth-order valence-corrected chi connectivity index (χ4v) is 3.02. The number of nitrogens with zero attached hydrogens (tertiary/aromatic N) is 1. The van der Waals surface area contributed by atoms with E-state index in [-0.39, 0.29) is 5.57 Å². The zero-order valence-electron chi connectivity index (χ0n) is 17.0. The quantitative estimate of drug-likeness (QED) is 0.321. The van der Waals surface area contributed by atoms with Crippen molar-refractivity contribution in [3.8, 4) is 17.6 Å². The number of halogens is 1. The van der Waals surface area contributed by atoms with Crippen molar-refractivity contribution in [3.63, 3.8) is 0 Å². The van der Waals surface area contributed by atoms with Crippen molar-refractivity contribution in [2.75, 3.05) is 11.9 Å². The van der Waals surface area contributed by atoms with E-state index < -0.39 is 5.91 Å². The van der Waals surface area contributed by atoms with Crippen LogP contribution in [-0.2, 0) is 11.4 Å². The number of hydrogen-bond donors (Lipinski definition) is 1. The first-order valence-corrected chi connectivity index (χ1v) is 10.5. The summed E-state index contributed by atoms with van der Waals surface area (Å²) in [5, 5.41) is 12.2. The molecular formula is C25H21BrN2O3. The first-order chi connectivity index (χ1) is 15.1. The maximum absolute atomic E-state index is 12.5. The number of nitriles is 1. The van der Waals surface area contributed by atoms with Crippen LogP contribution in [0.15, 0.2) is 82.8 Å². The molecule has 0 radical (unpaired) electrons. The fourth-order valence-electron chi connectivity index (χ4n) is 2.75. The third-order valence-electron chi connectivity index (χ3n) is 4.28. The highest BCUT2D eigenvalue weighted by atomic mass is 79.9. The molecule has 0 spiro atoms. The minimum absolute atomic E-state index is 0.00495. The van der Waals surface area contributed by atoms with Gasteiger partial charge in [0.05, 0.1) is 6.61 Å². The van der Waals surface area contributed by atoms with E-state index in [0.29, 0.717) is 30.4 Å². The molecule has 6 heteroatoms. The van der Waals surface area contributed by atoms with Crippen molar-refractivity contribution in [3.05, 3.63) is 94.0 Å². The molecule has 3 rings (SSSR count). The Hall–Kier alpha value is -3.56. The molecule has 3 aromatic carbocycles. The lowest BCUT2D eigenvalue weighted by molar-refractivity contribution is -0.112. The van der Waals surface area contributed by atoms with Crippen LogP contribution in [0.3, 0.4) is 0 Å². The smallest absolute Gasteiger partial charge is 0.266 e. The molecular weight excluding hydrogens is 456 g/mol. The second kappa shape index (κ2) is 11.0. The monoisotopic (exact) mass is 476 g/mol. The van der Waals surface area contributed by atoms with Crippen LogP contribution < -0.4 is 14.8 Å². The zero-order chi connectivity index (χ0) is 22.1. The van der Waals surface area contributed by atoms with Crippen LogP contribution in [0.4, 0.5) is 5.69 Å². The van der Waals surface area contributed by atoms with Crippen molar-refractivity contribution in [1.29, 1.82) is 5.26 Å². The third-order valence-corrected chi connectivity index (χ3v) is 4.81. The molecule has 156 valence electrons. The average Bonchev–Trinajstić information content (AvgIpc) is 2.78. The molecule has 0 heterocycles. The van der Waals surface area contributed by atoms with E-state index in [0.717, 1.165) is 15.6 Å². The minimum Gasteiger partial charge on any atom is -0.494 e. The Bertz CT molecular complexity index is 1100. The number of carbonyl (C=O) groups is 1. The van der Waals surface area contributed by atoms with Crippen molar-refractivity contribution in [2.45, 2.75) is 13.5 Å². The molecule has 1 N–H and O–H groups in total. The number of amides is 1. The summed E-state index contributed by atoms with van der Waals surface area (Å²) in [5.41, 5.74) is 2.36. The van der Waals surface area contributed by atoms with Crippen LogP contribution in [0, 0.1) is 11.3 Å². The Morgan fingerprint density at radius 3 is 2.45 bits per heavy atom. The number of rotatable bonds is 8. The van der Waals surface area contributed by atoms with E-state index in [1.54, 1.807) is 42.5 Å². The van der Waals surface area contributed by atoms with E-state index in [1.807, 2.05) is 49.4 Å². The molecule has 0 fully saturated rings. The maximum atomic E-state index is 12.5. The molecule has 31 heavy (non-hydrogen) atoms. The van der Waals surface area contributed by atoms with Crippen LogP contribution in [0.5, 0.6) is 11.5 Å². The number of ether oxygens (including phenoxy) is 2. The van der Waals surface area contributed by atoms with Crippen molar-refractivity contribution in [2.24, 2.45) is 0 Å². The lowest BCUT2D eigenvalue weighted by atomic mass is 10.1. The minimum atomic E-state index is -0.480. The Labute approximate surface area is 190 Å². The summed E-state index contributed by atoms with van der Waals surface area (Å²) < 4.78 is 12.2. The summed E-state index contributed by atoms with van der Waals surface area (Å²) in [6.45, 7) is 2.87. The van der Waals surface area contributed by atoms with Gasteiger partial charge in [-0.15, -0.1) is 0 Å². The summed E-state index contributed by atoms with van der Waals surface area (Å²) in [5.74, 6) is 0.879. The lowest BCUT2D eigenvalue weighted by Gasteiger charge is -2.08. The van der Waals surface area contributed by atoms with Crippen LogP contribution in [0.25, 0.3) is 6.08 Å². The van der Waals surface area contributed by atoms with Gasteiger partial charge < -0.3 is 14.8 Å². The summed E-state index contributed by atoms with van der Waals surface area (Å²) in [6.07, 6.45) is 1.54. The second-order valence-corrected chi connectivity index (χ2v) is 7.48. The third kappa shape index (κ3) is 6.73. The van der Waals surface area contributed by atoms with Gasteiger partial charge in [-0.05, 0) is 60.5 Å². The Kier molecular flexibility index (Phi) is 7.85. The van der Waals surface area contributed by atoms with Crippen molar-refractivity contribution >= 4 is 33.6 Å². The van der Waals surface area contributed by atoms with E-state index in [2.05, 4.69) is 21.2 Å². The molecule has 0 saturated heterocycles. The highest BCUT2D eigenvalue weighted by Gasteiger charge is 2.10. The highest BCUT2D eigenvalue weighted by Crippen LogP contribution is 2.20. The zero-order valence-corrected chi connectivity index (χ0v) is 18.6. The molecule has 1 amide bonds. The first kappa shape index (κ1) is 22.1. The number of nitrogens with one attached hydrogen (secondary N) is 1. The van der Waals surface area contributed by atoms with Gasteiger partial charge >= 0.3 is 0 Å². The second-order valence-electron chi connectivity index (χ2n) is 6.57. The SMILES string of the molecule is CCOc1cccc(NC(=O)/C(C#N)=C/c2ccc(OCc3ccc(Br)cc3)cc2)c1. The molecule has 0 atom stereocenters. The first-order valence-electron chi connectivity index (χ1n) is 9.70. The molecule has 0 aliphatic rings. The van der Waals surface area contributed by atoms with Crippen LogP contribution >= 0.6 is 15.9 Å². The number of carbonyl (C=O) groups excluding carboxylic acids is 1. The van der Waals surface area contributed by atoms with Gasteiger partial charge in [-0.3, -0.25) is 4.79 Å². The van der Waals surface area contributed by atoms with Gasteiger partial charge in [0.1, 0.15) is 29.7 Å². The van der Waals surface area contributed by atoms with Gasteiger partial charge in [-0.25, -0.2) is 0 Å². The van der Waals surface area contributed by atoms with E-state index in [9.17, 15) is 10.1 Å². The molecule has 0 saturated carbocycles. The maximum Gasteiger partial charge on any atom is 0.266 e. The summed E-state index contributed by atoms with van der Waals surface area (Å²) in [4.78, 5) is 12.5. The van der Waals surface area contributed by atoms with Gasteiger partial charge in [-0.1, -0.05) is 46.3 Å². The van der Waals surface area contributed by atoms with Gasteiger partial charge in [0, 0.05) is 16.2 Å². The molecule has 0 aliphatic carbocycles. The predicted molar refractivity (Wildman–Crippen MR) is 125 cm³/mol. The number of anilines is 1. The largest absolute Gasteiger partial charge is 0.494 e. The number of hydrogen-bond acceptors (Lipinski definition) is 4. The summed E-state index contributed by atoms with van der Waals surface area (Å²) >= 11 is 3.41. The summed E-state index contributed by atoms with van der Waals surface area (Å²) in [7, 11) is 0. The van der Waals surface area contributed by atoms with Crippen molar-refractivity contribution < 1.29 is 14.3 Å². The van der Waals surface area contributed by atoms with Gasteiger partial charge in [-0.2, -0.15) is 5.26 Å². The Morgan fingerprint density at radius 1 is 1.03 bits per heavy atom. The van der Waals surface area contributed by atoms with Gasteiger partial charge in [0.25, 0.3) is 5.91 Å². The molecule has 0 unspecified atom stereocenters. The molecule has 3 aromatic rings. The topological polar surface area (TPSA) is 71.3 Å².